The van der Waals surface area contributed by atoms with E-state index < -0.39 is 97.5 Å². The van der Waals surface area contributed by atoms with Crippen LogP contribution in [0, 0.1) is 0 Å². The van der Waals surface area contributed by atoms with Crippen molar-refractivity contribution in [2.75, 3.05) is 39.6 Å². The zero-order chi connectivity index (χ0) is 69.7. The third kappa shape index (κ3) is 70.3. The zero-order valence-corrected chi connectivity index (χ0v) is 63.4. The molecule has 0 amide bonds. The summed E-state index contributed by atoms with van der Waals surface area (Å²) < 4.78 is 68.5. The van der Waals surface area contributed by atoms with Crippen LogP contribution in [0.25, 0.3) is 0 Å². The number of unbranched alkanes of at least 4 members (excludes halogenated alkanes) is 51. The number of hydrogen-bond acceptors (Lipinski definition) is 15. The number of carbonyl (C=O) groups is 4. The van der Waals surface area contributed by atoms with Crippen molar-refractivity contribution in [3.8, 4) is 0 Å². The van der Waals surface area contributed by atoms with Gasteiger partial charge in [0.15, 0.2) is 12.2 Å². The highest BCUT2D eigenvalue weighted by atomic mass is 31.2. The number of hydrogen-bond donors (Lipinski definition) is 3. The Morgan fingerprint density at radius 2 is 0.421 bits per heavy atom. The summed E-state index contributed by atoms with van der Waals surface area (Å²) in [4.78, 5) is 72.7. The van der Waals surface area contributed by atoms with Gasteiger partial charge in [0.1, 0.15) is 19.3 Å². The quantitative estimate of drug-likeness (QED) is 0.0222. The summed E-state index contributed by atoms with van der Waals surface area (Å²) in [6.07, 6.45) is 61.0. The Labute approximate surface area is 581 Å². The van der Waals surface area contributed by atoms with Crippen LogP contribution in [0.2, 0.25) is 0 Å². The zero-order valence-electron chi connectivity index (χ0n) is 61.6. The van der Waals surface area contributed by atoms with E-state index in [0.29, 0.717) is 25.7 Å². The molecule has 0 heterocycles. The molecule has 0 aliphatic rings. The van der Waals surface area contributed by atoms with Crippen LogP contribution in [-0.4, -0.2) is 96.7 Å². The molecular formula is C76H148O17P2. The van der Waals surface area contributed by atoms with Crippen molar-refractivity contribution in [1.29, 1.82) is 0 Å². The fourth-order valence-corrected chi connectivity index (χ4v) is 13.3. The van der Waals surface area contributed by atoms with Gasteiger partial charge in [-0.2, -0.15) is 0 Å². The standard InChI is InChI=1S/C76H148O17P2/c1-5-9-13-17-21-25-28-31-34-35-38-41-44-47-51-55-59-63-76(81)93-72(67-87-74(79)61-57-53-49-45-42-39-36-32-29-26-22-18-14-10-6-2)69-91-95(84,85)89-65-70(77)64-88-94(82,83)90-68-71(66-86-73(78)60-56-52-48-24-20-16-12-8-4)92-75(80)62-58-54-50-46-43-40-37-33-30-27-23-19-15-11-7-3/h70-72,77H,5-69H2,1-4H3,(H,82,83)(H,84,85)/t70-,71+,72+/m0/s1. The van der Waals surface area contributed by atoms with Gasteiger partial charge in [-0.05, 0) is 25.7 Å². The highest BCUT2D eigenvalue weighted by molar-refractivity contribution is 7.47. The molecule has 0 spiro atoms. The lowest BCUT2D eigenvalue weighted by Crippen LogP contribution is -2.30. The molecule has 5 atom stereocenters. The van der Waals surface area contributed by atoms with E-state index in [1.54, 1.807) is 0 Å². The molecule has 0 radical (unpaired) electrons. The van der Waals surface area contributed by atoms with Crippen molar-refractivity contribution in [3.63, 3.8) is 0 Å². The third-order valence-corrected chi connectivity index (χ3v) is 19.8. The van der Waals surface area contributed by atoms with Crippen LogP contribution in [-0.2, 0) is 65.4 Å². The summed E-state index contributed by atoms with van der Waals surface area (Å²) in [6.45, 7) is 4.98. The predicted molar refractivity (Wildman–Crippen MR) is 386 cm³/mol. The van der Waals surface area contributed by atoms with Crippen molar-refractivity contribution in [3.05, 3.63) is 0 Å². The first-order valence-electron chi connectivity index (χ1n) is 39.8. The van der Waals surface area contributed by atoms with Crippen LogP contribution in [0.3, 0.4) is 0 Å². The molecule has 2 unspecified atom stereocenters. The van der Waals surface area contributed by atoms with Crippen molar-refractivity contribution in [2.45, 2.75) is 425 Å². The van der Waals surface area contributed by atoms with Gasteiger partial charge >= 0.3 is 39.5 Å². The lowest BCUT2D eigenvalue weighted by atomic mass is 10.0. The van der Waals surface area contributed by atoms with E-state index in [-0.39, 0.29) is 25.7 Å². The number of aliphatic hydroxyl groups is 1. The maximum Gasteiger partial charge on any atom is 0.472 e. The van der Waals surface area contributed by atoms with E-state index in [9.17, 15) is 43.2 Å². The van der Waals surface area contributed by atoms with Gasteiger partial charge in [0, 0.05) is 25.7 Å². The number of phosphoric ester groups is 2. The summed E-state index contributed by atoms with van der Waals surface area (Å²) in [6, 6.07) is 0. The van der Waals surface area contributed by atoms with E-state index in [1.165, 1.54) is 238 Å². The largest absolute Gasteiger partial charge is 0.472 e. The highest BCUT2D eigenvalue weighted by Crippen LogP contribution is 2.45. The number of carbonyl (C=O) groups excluding carboxylic acids is 4. The smallest absolute Gasteiger partial charge is 0.462 e. The molecule has 0 saturated heterocycles. The average Bonchev–Trinajstić information content (AvgIpc) is 2.39. The molecule has 0 fully saturated rings. The monoisotopic (exact) mass is 1400 g/mol. The van der Waals surface area contributed by atoms with Gasteiger partial charge in [-0.15, -0.1) is 0 Å². The molecule has 0 aromatic carbocycles. The molecule has 564 valence electrons. The third-order valence-electron chi connectivity index (χ3n) is 17.9. The molecule has 95 heavy (non-hydrogen) atoms. The van der Waals surface area contributed by atoms with E-state index in [2.05, 4.69) is 27.7 Å². The second-order valence-corrected chi connectivity index (χ2v) is 30.3. The first-order chi connectivity index (χ1) is 46.2. The minimum Gasteiger partial charge on any atom is -0.462 e. The van der Waals surface area contributed by atoms with E-state index in [1.807, 2.05) is 0 Å². The summed E-state index contributed by atoms with van der Waals surface area (Å²) in [5.74, 6) is -2.11. The van der Waals surface area contributed by atoms with Gasteiger partial charge in [0.05, 0.1) is 26.4 Å². The lowest BCUT2D eigenvalue weighted by molar-refractivity contribution is -0.161. The molecule has 0 bridgehead atoms. The second kappa shape index (κ2) is 70.5. The molecule has 0 aliphatic heterocycles. The molecule has 3 N–H and O–H groups in total. The summed E-state index contributed by atoms with van der Waals surface area (Å²) in [5.41, 5.74) is 0. The fourth-order valence-electron chi connectivity index (χ4n) is 11.8. The number of ether oxygens (including phenoxy) is 4. The van der Waals surface area contributed by atoms with Gasteiger partial charge in [0.25, 0.3) is 0 Å². The Kier molecular flexibility index (Phi) is 69.1. The maximum absolute atomic E-state index is 13.1. The van der Waals surface area contributed by atoms with Gasteiger partial charge in [0.2, 0.25) is 0 Å². The number of esters is 4. The first-order valence-corrected chi connectivity index (χ1v) is 42.8. The highest BCUT2D eigenvalue weighted by Gasteiger charge is 2.30. The molecule has 19 heteroatoms. The molecule has 0 rings (SSSR count). The van der Waals surface area contributed by atoms with Gasteiger partial charge in [-0.1, -0.05) is 355 Å². The summed E-state index contributed by atoms with van der Waals surface area (Å²) in [7, 11) is -9.91. The number of rotatable bonds is 77. The van der Waals surface area contributed by atoms with Gasteiger partial charge in [-0.3, -0.25) is 37.3 Å². The van der Waals surface area contributed by atoms with Crippen molar-refractivity contribution < 1.29 is 80.2 Å². The van der Waals surface area contributed by atoms with Crippen LogP contribution in [0.5, 0.6) is 0 Å². The van der Waals surface area contributed by atoms with Crippen LogP contribution >= 0.6 is 15.6 Å². The molecule has 17 nitrogen and oxygen atoms in total. The van der Waals surface area contributed by atoms with Crippen LogP contribution < -0.4 is 0 Å². The predicted octanol–water partition coefficient (Wildman–Crippen LogP) is 22.6. The van der Waals surface area contributed by atoms with Crippen LogP contribution in [0.15, 0.2) is 0 Å². The van der Waals surface area contributed by atoms with Gasteiger partial charge < -0.3 is 33.8 Å². The van der Waals surface area contributed by atoms with E-state index >= 15 is 0 Å². The molecule has 0 aromatic rings. The first kappa shape index (κ1) is 93.1. The molecule has 0 aliphatic carbocycles. The second-order valence-electron chi connectivity index (χ2n) is 27.4. The Morgan fingerprint density at radius 1 is 0.253 bits per heavy atom. The molecular weight excluding hydrogens is 1250 g/mol. The topological polar surface area (TPSA) is 237 Å². The summed E-state index contributed by atoms with van der Waals surface area (Å²) in [5, 5.41) is 10.6. The Bertz CT molecular complexity index is 1810. The molecule has 0 aromatic heterocycles. The minimum absolute atomic E-state index is 0.108. The normalized spacial score (nSPS) is 13.9. The number of aliphatic hydroxyl groups excluding tert-OH is 1. The summed E-state index contributed by atoms with van der Waals surface area (Å²) >= 11 is 0. The fraction of sp³-hybridized carbons (Fsp3) is 0.947. The van der Waals surface area contributed by atoms with Crippen molar-refractivity contribution in [1.82, 2.24) is 0 Å². The maximum atomic E-state index is 13.1. The Hall–Kier alpha value is -1.94. The van der Waals surface area contributed by atoms with Crippen LogP contribution in [0.4, 0.5) is 0 Å². The Morgan fingerprint density at radius 3 is 0.621 bits per heavy atom. The number of phosphoric acid groups is 2. The van der Waals surface area contributed by atoms with Crippen molar-refractivity contribution in [2.24, 2.45) is 0 Å². The minimum atomic E-state index is -4.96. The SMILES string of the molecule is CCCCCCCCCCCCCCCCCCCC(=O)O[C@H](COC(=O)CCCCCCCCCCCCCCCCC)COP(=O)(O)OC[C@@H](O)COP(=O)(O)OC[C@@H](COC(=O)CCCCCCCCCC)OC(=O)CCCCCCCCCCCCCCCCC. The van der Waals surface area contributed by atoms with E-state index in [4.69, 9.17) is 37.0 Å². The van der Waals surface area contributed by atoms with Crippen molar-refractivity contribution >= 4 is 39.5 Å². The average molecular weight is 1400 g/mol. The molecule has 0 saturated carbocycles. The lowest BCUT2D eigenvalue weighted by Gasteiger charge is -2.21. The van der Waals surface area contributed by atoms with Gasteiger partial charge in [-0.25, -0.2) is 9.13 Å². The van der Waals surface area contributed by atoms with Crippen LogP contribution in [0.1, 0.15) is 407 Å². The Balaban J connectivity index is 5.21. The van der Waals surface area contributed by atoms with E-state index in [0.717, 1.165) is 89.9 Å².